The van der Waals surface area contributed by atoms with Gasteiger partial charge in [0.05, 0.1) is 18.1 Å². The summed E-state index contributed by atoms with van der Waals surface area (Å²) >= 11 is 0. The molecule has 0 bridgehead atoms. The highest BCUT2D eigenvalue weighted by atomic mass is 16.5. The fraction of sp³-hybridized carbons (Fsp3) is 0.846. The Morgan fingerprint density at radius 1 is 1.32 bits per heavy atom. The summed E-state index contributed by atoms with van der Waals surface area (Å²) < 4.78 is 5.27. The van der Waals surface area contributed by atoms with Gasteiger partial charge in [-0.05, 0) is 26.2 Å². The second kappa shape index (κ2) is 5.77. The number of carboxylic acid groups (broad SMARTS) is 1. The van der Waals surface area contributed by atoms with E-state index in [1.54, 1.807) is 0 Å². The predicted octanol–water partition coefficient (Wildman–Crippen LogP) is 1.11. The van der Waals surface area contributed by atoms with Crippen molar-refractivity contribution in [2.75, 3.05) is 13.2 Å². The summed E-state index contributed by atoms with van der Waals surface area (Å²) in [4.78, 5) is 23.1. The number of nitrogens with one attached hydrogen (secondary N) is 2. The second-order valence-electron chi connectivity index (χ2n) is 5.80. The van der Waals surface area contributed by atoms with Gasteiger partial charge in [0.15, 0.2) is 0 Å². The number of rotatable bonds is 3. The van der Waals surface area contributed by atoms with E-state index in [0.29, 0.717) is 19.6 Å². The first-order valence-electron chi connectivity index (χ1n) is 6.89. The molecule has 1 aliphatic heterocycles. The number of hydrogen-bond donors (Lipinski definition) is 3. The zero-order valence-corrected chi connectivity index (χ0v) is 11.3. The minimum atomic E-state index is -0.819. The molecule has 2 rings (SSSR count). The minimum absolute atomic E-state index is 0.267. The van der Waals surface area contributed by atoms with Crippen molar-refractivity contribution in [2.45, 2.75) is 50.6 Å². The fourth-order valence-corrected chi connectivity index (χ4v) is 2.84. The molecule has 3 unspecified atom stereocenters. The molecule has 2 amide bonds. The molecule has 19 heavy (non-hydrogen) atoms. The largest absolute Gasteiger partial charge is 0.481 e. The van der Waals surface area contributed by atoms with Crippen LogP contribution in [0.3, 0.4) is 0 Å². The molecule has 0 aromatic carbocycles. The molecule has 1 saturated carbocycles. The van der Waals surface area contributed by atoms with Crippen molar-refractivity contribution in [1.29, 1.82) is 0 Å². The molecule has 1 aliphatic carbocycles. The molecule has 0 aromatic rings. The number of hydrogen-bond acceptors (Lipinski definition) is 3. The van der Waals surface area contributed by atoms with Crippen LogP contribution in [0.4, 0.5) is 4.79 Å². The number of carbonyl (C=O) groups excluding carboxylic acids is 1. The monoisotopic (exact) mass is 270 g/mol. The third kappa shape index (κ3) is 3.59. The van der Waals surface area contributed by atoms with E-state index in [4.69, 9.17) is 9.84 Å². The van der Waals surface area contributed by atoms with Crippen LogP contribution in [-0.2, 0) is 9.53 Å². The maximum Gasteiger partial charge on any atom is 0.315 e. The lowest BCUT2D eigenvalue weighted by atomic mass is 9.84. The van der Waals surface area contributed by atoms with E-state index in [2.05, 4.69) is 10.6 Å². The van der Waals surface area contributed by atoms with Gasteiger partial charge >= 0.3 is 12.0 Å². The lowest BCUT2D eigenvalue weighted by Crippen LogP contribution is -2.55. The second-order valence-corrected chi connectivity index (χ2v) is 5.80. The van der Waals surface area contributed by atoms with E-state index in [9.17, 15) is 9.59 Å². The first-order chi connectivity index (χ1) is 9.00. The molecule has 0 spiro atoms. The first kappa shape index (κ1) is 14.1. The van der Waals surface area contributed by atoms with E-state index in [1.807, 2.05) is 6.92 Å². The molecule has 1 heterocycles. The fourth-order valence-electron chi connectivity index (χ4n) is 2.84. The van der Waals surface area contributed by atoms with Crippen LogP contribution in [0.2, 0.25) is 0 Å². The number of carboxylic acids is 1. The number of amides is 2. The summed E-state index contributed by atoms with van der Waals surface area (Å²) in [5, 5.41) is 14.9. The van der Waals surface area contributed by atoms with Gasteiger partial charge in [-0.2, -0.15) is 0 Å². The quantitative estimate of drug-likeness (QED) is 0.717. The molecular weight excluding hydrogens is 248 g/mol. The van der Waals surface area contributed by atoms with Gasteiger partial charge in [-0.25, -0.2) is 4.79 Å². The number of aliphatic carboxylic acids is 1. The molecule has 108 valence electrons. The summed E-state index contributed by atoms with van der Waals surface area (Å²) in [5.41, 5.74) is -0.336. The van der Waals surface area contributed by atoms with Gasteiger partial charge in [0.2, 0.25) is 0 Å². The van der Waals surface area contributed by atoms with Gasteiger partial charge in [0, 0.05) is 12.6 Å². The van der Waals surface area contributed by atoms with Crippen LogP contribution in [0, 0.1) is 5.92 Å². The molecule has 0 aromatic heterocycles. The van der Waals surface area contributed by atoms with Crippen molar-refractivity contribution >= 4 is 12.0 Å². The summed E-state index contributed by atoms with van der Waals surface area (Å²) in [6, 6.07) is -0.552. The van der Waals surface area contributed by atoms with Crippen LogP contribution >= 0.6 is 0 Å². The lowest BCUT2D eigenvalue weighted by molar-refractivity contribution is -0.143. The SMILES string of the molecule is CC1(NC(=O)NC2CCCCC2C(=O)O)CCOC1. The van der Waals surface area contributed by atoms with Crippen LogP contribution in [0.15, 0.2) is 0 Å². The van der Waals surface area contributed by atoms with Crippen LogP contribution in [0.25, 0.3) is 0 Å². The average molecular weight is 270 g/mol. The van der Waals surface area contributed by atoms with E-state index in [0.717, 1.165) is 25.7 Å². The van der Waals surface area contributed by atoms with Crippen molar-refractivity contribution in [3.8, 4) is 0 Å². The Morgan fingerprint density at radius 2 is 2.05 bits per heavy atom. The molecule has 1 saturated heterocycles. The molecule has 0 radical (unpaired) electrons. The van der Waals surface area contributed by atoms with Crippen LogP contribution in [0.1, 0.15) is 39.0 Å². The molecule has 3 N–H and O–H groups in total. The minimum Gasteiger partial charge on any atom is -0.481 e. The van der Waals surface area contributed by atoms with Crippen molar-refractivity contribution in [3.63, 3.8) is 0 Å². The summed E-state index contributed by atoms with van der Waals surface area (Å²) in [5.74, 6) is -1.28. The molecule has 2 aliphatic rings. The smallest absolute Gasteiger partial charge is 0.315 e. The zero-order valence-electron chi connectivity index (χ0n) is 11.3. The normalized spacial score (nSPS) is 34.8. The molecule has 6 nitrogen and oxygen atoms in total. The maximum absolute atomic E-state index is 12.0. The maximum atomic E-state index is 12.0. The number of carbonyl (C=O) groups is 2. The van der Waals surface area contributed by atoms with Gasteiger partial charge in [-0.3, -0.25) is 4.79 Å². The van der Waals surface area contributed by atoms with Gasteiger partial charge in [0.1, 0.15) is 0 Å². The van der Waals surface area contributed by atoms with Crippen LogP contribution < -0.4 is 10.6 Å². The van der Waals surface area contributed by atoms with Crippen LogP contribution in [-0.4, -0.2) is 41.9 Å². The van der Waals surface area contributed by atoms with E-state index >= 15 is 0 Å². The molecule has 6 heteroatoms. The van der Waals surface area contributed by atoms with Crippen molar-refractivity contribution in [2.24, 2.45) is 5.92 Å². The Bertz CT molecular complexity index is 353. The van der Waals surface area contributed by atoms with Gasteiger partial charge in [0.25, 0.3) is 0 Å². The third-order valence-electron chi connectivity index (χ3n) is 4.03. The summed E-state index contributed by atoms with van der Waals surface area (Å²) in [6.45, 7) is 3.10. The summed E-state index contributed by atoms with van der Waals surface area (Å²) in [7, 11) is 0. The van der Waals surface area contributed by atoms with Gasteiger partial charge in [-0.15, -0.1) is 0 Å². The highest BCUT2D eigenvalue weighted by molar-refractivity contribution is 5.77. The molecule has 3 atom stereocenters. The Hall–Kier alpha value is -1.30. The zero-order chi connectivity index (χ0) is 13.9. The van der Waals surface area contributed by atoms with E-state index in [1.165, 1.54) is 0 Å². The number of urea groups is 1. The standard InChI is InChI=1S/C13H22N2O4/c1-13(6-7-19-8-13)15-12(18)14-10-5-3-2-4-9(10)11(16)17/h9-10H,2-8H2,1H3,(H,16,17)(H2,14,15,18). The van der Waals surface area contributed by atoms with Crippen molar-refractivity contribution in [3.05, 3.63) is 0 Å². The molecular formula is C13H22N2O4. The Balaban J connectivity index is 1.88. The number of ether oxygens (including phenoxy) is 1. The highest BCUT2D eigenvalue weighted by Gasteiger charge is 2.35. The molecule has 2 fully saturated rings. The highest BCUT2D eigenvalue weighted by Crippen LogP contribution is 2.25. The Morgan fingerprint density at radius 3 is 2.68 bits per heavy atom. The Kier molecular flexibility index (Phi) is 4.29. The lowest BCUT2D eigenvalue weighted by Gasteiger charge is -2.31. The first-order valence-corrected chi connectivity index (χ1v) is 6.89. The topological polar surface area (TPSA) is 87.7 Å². The van der Waals surface area contributed by atoms with Crippen molar-refractivity contribution < 1.29 is 19.4 Å². The predicted molar refractivity (Wildman–Crippen MR) is 68.9 cm³/mol. The van der Waals surface area contributed by atoms with Crippen LogP contribution in [0.5, 0.6) is 0 Å². The van der Waals surface area contributed by atoms with Gasteiger partial charge in [-0.1, -0.05) is 12.8 Å². The average Bonchev–Trinajstić information content (AvgIpc) is 2.75. The summed E-state index contributed by atoms with van der Waals surface area (Å²) in [6.07, 6.45) is 4.04. The van der Waals surface area contributed by atoms with Crippen molar-refractivity contribution in [1.82, 2.24) is 10.6 Å². The van der Waals surface area contributed by atoms with E-state index in [-0.39, 0.29) is 17.6 Å². The van der Waals surface area contributed by atoms with E-state index < -0.39 is 11.9 Å². The van der Waals surface area contributed by atoms with Gasteiger partial charge < -0.3 is 20.5 Å². The Labute approximate surface area is 112 Å². The third-order valence-corrected chi connectivity index (χ3v) is 4.03.